The molecule has 2 heterocycles. The van der Waals surface area contributed by atoms with Crippen molar-refractivity contribution < 1.29 is 4.79 Å². The number of urea groups is 1. The van der Waals surface area contributed by atoms with Crippen LogP contribution in [-0.2, 0) is 7.05 Å². The minimum Gasteiger partial charge on any atom is -0.322 e. The van der Waals surface area contributed by atoms with E-state index >= 15 is 0 Å². The van der Waals surface area contributed by atoms with Crippen molar-refractivity contribution in [3.05, 3.63) is 11.8 Å². The van der Waals surface area contributed by atoms with Gasteiger partial charge in [0.15, 0.2) is 5.82 Å². The summed E-state index contributed by atoms with van der Waals surface area (Å²) in [5.41, 5.74) is 1.02. The number of rotatable bonds is 1. The topological polar surface area (TPSA) is 62.2 Å². The first-order valence-corrected chi connectivity index (χ1v) is 5.44. The van der Waals surface area contributed by atoms with Crippen LogP contribution in [0.1, 0.15) is 5.69 Å². The summed E-state index contributed by atoms with van der Waals surface area (Å²) in [6, 6.07) is 1.79. The Balaban J connectivity index is 1.95. The van der Waals surface area contributed by atoms with Gasteiger partial charge in [-0.1, -0.05) is 0 Å². The van der Waals surface area contributed by atoms with Crippen molar-refractivity contribution in [1.29, 1.82) is 0 Å². The Morgan fingerprint density at radius 2 is 2.19 bits per heavy atom. The summed E-state index contributed by atoms with van der Waals surface area (Å²) >= 11 is 0. The van der Waals surface area contributed by atoms with Gasteiger partial charge in [-0.05, 0) is 6.92 Å². The molecule has 1 saturated heterocycles. The van der Waals surface area contributed by atoms with Crippen LogP contribution in [0.15, 0.2) is 6.07 Å². The number of piperazine rings is 1. The van der Waals surface area contributed by atoms with Crippen LogP contribution in [0.25, 0.3) is 0 Å². The van der Waals surface area contributed by atoms with Crippen molar-refractivity contribution in [3.63, 3.8) is 0 Å². The van der Waals surface area contributed by atoms with Gasteiger partial charge in [0.05, 0.1) is 0 Å². The van der Waals surface area contributed by atoms with E-state index in [0.717, 1.165) is 31.9 Å². The molecule has 2 amide bonds. The fourth-order valence-electron chi connectivity index (χ4n) is 1.68. The number of anilines is 1. The summed E-state index contributed by atoms with van der Waals surface area (Å²) in [5, 5.41) is 10.2. The summed E-state index contributed by atoms with van der Waals surface area (Å²) in [5.74, 6) is 0.614. The van der Waals surface area contributed by atoms with Gasteiger partial charge >= 0.3 is 6.03 Å². The van der Waals surface area contributed by atoms with Gasteiger partial charge in [-0.25, -0.2) is 4.79 Å². The molecule has 0 atom stereocenters. The summed E-state index contributed by atoms with van der Waals surface area (Å²) in [6.07, 6.45) is 0. The molecule has 0 radical (unpaired) electrons. The van der Waals surface area contributed by atoms with Crippen molar-refractivity contribution in [2.24, 2.45) is 7.05 Å². The molecule has 2 N–H and O–H groups in total. The Bertz CT molecular complexity index is 361. The second kappa shape index (κ2) is 4.52. The summed E-state index contributed by atoms with van der Waals surface area (Å²) in [7, 11) is 1.86. The number of carbonyl (C=O) groups is 1. The van der Waals surface area contributed by atoms with Crippen LogP contribution in [0.4, 0.5) is 10.6 Å². The Morgan fingerprint density at radius 1 is 1.50 bits per heavy atom. The lowest BCUT2D eigenvalue weighted by atomic mass is 10.4. The van der Waals surface area contributed by atoms with Crippen LogP contribution in [0.2, 0.25) is 0 Å². The molecule has 16 heavy (non-hydrogen) atoms. The number of aryl methyl sites for hydroxylation is 2. The van der Waals surface area contributed by atoms with Gasteiger partial charge in [-0.15, -0.1) is 0 Å². The zero-order chi connectivity index (χ0) is 11.5. The molecule has 0 aromatic carbocycles. The molecule has 0 bridgehead atoms. The van der Waals surface area contributed by atoms with Gasteiger partial charge in [0.1, 0.15) is 0 Å². The predicted molar refractivity (Wildman–Crippen MR) is 61.4 cm³/mol. The lowest BCUT2D eigenvalue weighted by Crippen LogP contribution is -2.48. The number of amides is 2. The van der Waals surface area contributed by atoms with E-state index < -0.39 is 0 Å². The van der Waals surface area contributed by atoms with E-state index in [4.69, 9.17) is 0 Å². The third-order valence-electron chi connectivity index (χ3n) is 2.75. The van der Waals surface area contributed by atoms with Crippen molar-refractivity contribution in [3.8, 4) is 0 Å². The van der Waals surface area contributed by atoms with Crippen LogP contribution in [0, 0.1) is 6.92 Å². The highest BCUT2D eigenvalue weighted by Crippen LogP contribution is 2.08. The van der Waals surface area contributed by atoms with E-state index in [1.165, 1.54) is 0 Å². The Hall–Kier alpha value is -1.56. The lowest BCUT2D eigenvalue weighted by molar-refractivity contribution is 0.204. The number of hydrogen-bond acceptors (Lipinski definition) is 3. The smallest absolute Gasteiger partial charge is 0.322 e. The molecule has 1 aliphatic rings. The van der Waals surface area contributed by atoms with E-state index in [0.29, 0.717) is 5.82 Å². The Morgan fingerprint density at radius 3 is 2.75 bits per heavy atom. The highest BCUT2D eigenvalue weighted by molar-refractivity contribution is 5.88. The molecule has 88 valence electrons. The number of hydrogen-bond donors (Lipinski definition) is 2. The molecule has 1 aromatic heterocycles. The minimum atomic E-state index is -0.0698. The van der Waals surface area contributed by atoms with Gasteiger partial charge in [0.25, 0.3) is 0 Å². The average Bonchev–Trinajstić information content (AvgIpc) is 2.59. The molecular formula is C10H17N5O. The van der Waals surface area contributed by atoms with Crippen LogP contribution in [-0.4, -0.2) is 46.9 Å². The summed E-state index contributed by atoms with van der Waals surface area (Å²) in [4.78, 5) is 13.6. The van der Waals surface area contributed by atoms with E-state index in [-0.39, 0.29) is 6.03 Å². The van der Waals surface area contributed by atoms with Gasteiger partial charge < -0.3 is 10.2 Å². The Kier molecular flexibility index (Phi) is 3.09. The first-order chi connectivity index (χ1) is 7.66. The van der Waals surface area contributed by atoms with Gasteiger partial charge in [0.2, 0.25) is 0 Å². The molecule has 0 unspecified atom stereocenters. The molecular weight excluding hydrogens is 206 g/mol. The minimum absolute atomic E-state index is 0.0698. The maximum absolute atomic E-state index is 11.8. The fourth-order valence-corrected chi connectivity index (χ4v) is 1.68. The van der Waals surface area contributed by atoms with Crippen molar-refractivity contribution in [2.75, 3.05) is 31.5 Å². The third kappa shape index (κ3) is 2.33. The first-order valence-electron chi connectivity index (χ1n) is 5.44. The van der Waals surface area contributed by atoms with Crippen LogP contribution in [0.5, 0.6) is 0 Å². The highest BCUT2D eigenvalue weighted by Gasteiger charge is 2.16. The SMILES string of the molecule is Cc1cc(NC(=O)N2CCNCC2)nn1C. The number of carbonyl (C=O) groups excluding carboxylic acids is 1. The molecule has 1 aliphatic heterocycles. The van der Waals surface area contributed by atoms with E-state index in [2.05, 4.69) is 15.7 Å². The number of nitrogens with zero attached hydrogens (tertiary/aromatic N) is 3. The lowest BCUT2D eigenvalue weighted by Gasteiger charge is -2.27. The molecule has 1 aromatic rings. The van der Waals surface area contributed by atoms with Crippen molar-refractivity contribution >= 4 is 11.8 Å². The number of aromatic nitrogens is 2. The second-order valence-corrected chi connectivity index (χ2v) is 3.96. The quantitative estimate of drug-likeness (QED) is 0.713. The molecule has 1 fully saturated rings. The standard InChI is InChI=1S/C10H17N5O/c1-8-7-9(13-14(8)2)12-10(16)15-5-3-11-4-6-15/h7,11H,3-6H2,1-2H3,(H,12,13,16). The van der Waals surface area contributed by atoms with Crippen LogP contribution >= 0.6 is 0 Å². The Labute approximate surface area is 94.6 Å². The van der Waals surface area contributed by atoms with Gasteiger partial charge in [0, 0.05) is 45.0 Å². The average molecular weight is 223 g/mol. The third-order valence-corrected chi connectivity index (χ3v) is 2.75. The van der Waals surface area contributed by atoms with E-state index in [1.54, 1.807) is 9.58 Å². The molecule has 0 spiro atoms. The fraction of sp³-hybridized carbons (Fsp3) is 0.600. The molecule has 2 rings (SSSR count). The first kappa shape index (κ1) is 10.9. The summed E-state index contributed by atoms with van der Waals surface area (Å²) in [6.45, 7) is 5.16. The molecule has 6 heteroatoms. The zero-order valence-electron chi connectivity index (χ0n) is 9.66. The zero-order valence-corrected chi connectivity index (χ0v) is 9.66. The molecule has 6 nitrogen and oxygen atoms in total. The van der Waals surface area contributed by atoms with Crippen molar-refractivity contribution in [2.45, 2.75) is 6.92 Å². The van der Waals surface area contributed by atoms with Crippen LogP contribution < -0.4 is 10.6 Å². The monoisotopic (exact) mass is 223 g/mol. The van der Waals surface area contributed by atoms with Crippen LogP contribution in [0.3, 0.4) is 0 Å². The number of nitrogens with one attached hydrogen (secondary N) is 2. The van der Waals surface area contributed by atoms with Gasteiger partial charge in [-0.2, -0.15) is 5.10 Å². The molecule has 0 aliphatic carbocycles. The normalized spacial score (nSPS) is 16.2. The van der Waals surface area contributed by atoms with E-state index in [9.17, 15) is 4.79 Å². The predicted octanol–water partition coefficient (Wildman–Crippen LogP) is 0.166. The largest absolute Gasteiger partial charge is 0.323 e. The van der Waals surface area contributed by atoms with Crippen molar-refractivity contribution in [1.82, 2.24) is 20.0 Å². The van der Waals surface area contributed by atoms with Gasteiger partial charge in [-0.3, -0.25) is 10.00 Å². The maximum atomic E-state index is 11.8. The maximum Gasteiger partial charge on any atom is 0.323 e. The molecule has 0 saturated carbocycles. The highest BCUT2D eigenvalue weighted by atomic mass is 16.2. The van der Waals surface area contributed by atoms with E-state index in [1.807, 2.05) is 20.0 Å². The second-order valence-electron chi connectivity index (χ2n) is 3.96. The summed E-state index contributed by atoms with van der Waals surface area (Å²) < 4.78 is 1.74.